The molecule has 0 bridgehead atoms. The molecule has 27 heavy (non-hydrogen) atoms. The van der Waals surface area contributed by atoms with Crippen molar-refractivity contribution in [2.75, 3.05) is 6.54 Å². The first-order valence-electron chi connectivity index (χ1n) is 8.83. The molecule has 2 amide bonds. The lowest BCUT2D eigenvalue weighted by Crippen LogP contribution is -2.45. The normalized spacial score (nSPS) is 24.6. The van der Waals surface area contributed by atoms with E-state index in [1.165, 1.54) is 0 Å². The summed E-state index contributed by atoms with van der Waals surface area (Å²) in [6, 6.07) is 9.13. The number of hydrogen-bond acceptors (Lipinski definition) is 4. The number of carbonyl (C=O) groups excluding carboxylic acids is 2. The van der Waals surface area contributed by atoms with Crippen LogP contribution in [-0.4, -0.2) is 38.3 Å². The molecule has 1 aromatic carbocycles. The number of benzene rings is 1. The van der Waals surface area contributed by atoms with Crippen molar-refractivity contribution in [2.24, 2.45) is 11.8 Å². The standard InChI is InChI=1S/C20H21IN4O2/c1-11-4-5-14-15(6-7-23-16(14)8-11)20(27)24-10-18(26)25-17(9-22)12(2)13(3)19(25)21/h4-8,12-13,17,19H,10H2,1-3H3,(H,24,27). The largest absolute Gasteiger partial charge is 0.343 e. The van der Waals surface area contributed by atoms with Crippen LogP contribution in [0.4, 0.5) is 0 Å². The fourth-order valence-electron chi connectivity index (χ4n) is 3.47. The van der Waals surface area contributed by atoms with Crippen LogP contribution in [0.25, 0.3) is 10.9 Å². The molecule has 1 N–H and O–H groups in total. The van der Waals surface area contributed by atoms with Crippen molar-refractivity contribution in [3.63, 3.8) is 0 Å². The molecule has 2 aromatic rings. The molecule has 0 saturated carbocycles. The van der Waals surface area contributed by atoms with E-state index in [-0.39, 0.29) is 34.2 Å². The Morgan fingerprint density at radius 2 is 2.04 bits per heavy atom. The molecule has 7 heteroatoms. The van der Waals surface area contributed by atoms with Gasteiger partial charge >= 0.3 is 0 Å². The second-order valence-corrected chi connectivity index (χ2v) is 8.30. The van der Waals surface area contributed by atoms with Crippen LogP contribution in [0.15, 0.2) is 30.5 Å². The maximum absolute atomic E-state index is 12.7. The summed E-state index contributed by atoms with van der Waals surface area (Å²) in [5, 5.41) is 12.9. The van der Waals surface area contributed by atoms with E-state index in [2.05, 4.69) is 39.0 Å². The van der Waals surface area contributed by atoms with Gasteiger partial charge in [0.15, 0.2) is 0 Å². The Hall–Kier alpha value is -2.21. The third kappa shape index (κ3) is 3.63. The van der Waals surface area contributed by atoms with Crippen molar-refractivity contribution in [1.29, 1.82) is 5.26 Å². The summed E-state index contributed by atoms with van der Waals surface area (Å²) in [6.07, 6.45) is 1.59. The maximum Gasteiger partial charge on any atom is 0.252 e. The van der Waals surface area contributed by atoms with Crippen molar-refractivity contribution in [3.05, 3.63) is 41.6 Å². The molecule has 4 unspecified atom stereocenters. The third-order valence-electron chi connectivity index (χ3n) is 5.29. The second-order valence-electron chi connectivity index (χ2n) is 7.03. The highest BCUT2D eigenvalue weighted by molar-refractivity contribution is 14.1. The molecular formula is C20H21IN4O2. The fraction of sp³-hybridized carbons (Fsp3) is 0.400. The van der Waals surface area contributed by atoms with E-state index in [4.69, 9.17) is 0 Å². The van der Waals surface area contributed by atoms with Gasteiger partial charge in [0.05, 0.1) is 27.7 Å². The average Bonchev–Trinajstić information content (AvgIpc) is 2.88. The van der Waals surface area contributed by atoms with E-state index in [1.807, 2.05) is 39.0 Å². The summed E-state index contributed by atoms with van der Waals surface area (Å²) in [5.74, 6) is -0.232. The number of pyridine rings is 1. The number of hydrogen-bond donors (Lipinski definition) is 1. The summed E-state index contributed by atoms with van der Waals surface area (Å²) in [5.41, 5.74) is 2.29. The van der Waals surface area contributed by atoms with E-state index >= 15 is 0 Å². The van der Waals surface area contributed by atoms with Crippen molar-refractivity contribution in [1.82, 2.24) is 15.2 Å². The lowest BCUT2D eigenvalue weighted by atomic mass is 9.95. The Bertz CT molecular complexity index is 939. The highest BCUT2D eigenvalue weighted by atomic mass is 127. The van der Waals surface area contributed by atoms with Crippen LogP contribution >= 0.6 is 22.6 Å². The van der Waals surface area contributed by atoms with Gasteiger partial charge in [-0.1, -0.05) is 48.6 Å². The Balaban J connectivity index is 1.75. The second kappa shape index (κ2) is 7.80. The Morgan fingerprint density at radius 3 is 2.74 bits per heavy atom. The van der Waals surface area contributed by atoms with Gasteiger partial charge in [-0.3, -0.25) is 14.6 Å². The molecule has 0 aliphatic carbocycles. The predicted octanol–water partition coefficient (Wildman–Crippen LogP) is 3.04. The lowest BCUT2D eigenvalue weighted by molar-refractivity contribution is -0.130. The minimum Gasteiger partial charge on any atom is -0.343 e. The predicted molar refractivity (Wildman–Crippen MR) is 111 cm³/mol. The van der Waals surface area contributed by atoms with Crippen molar-refractivity contribution < 1.29 is 9.59 Å². The highest BCUT2D eigenvalue weighted by Gasteiger charge is 2.45. The molecule has 1 aliphatic heterocycles. The van der Waals surface area contributed by atoms with Gasteiger partial charge in [0, 0.05) is 11.6 Å². The van der Waals surface area contributed by atoms with Crippen molar-refractivity contribution >= 4 is 45.3 Å². The molecule has 1 fully saturated rings. The molecular weight excluding hydrogens is 455 g/mol. The Kier molecular flexibility index (Phi) is 5.65. The molecule has 0 radical (unpaired) electrons. The number of nitriles is 1. The Morgan fingerprint density at radius 1 is 1.30 bits per heavy atom. The number of halogens is 1. The van der Waals surface area contributed by atoms with E-state index in [9.17, 15) is 14.9 Å². The van der Waals surface area contributed by atoms with Gasteiger partial charge < -0.3 is 10.2 Å². The Labute approximate surface area is 172 Å². The number of rotatable bonds is 3. The highest BCUT2D eigenvalue weighted by Crippen LogP contribution is 2.38. The zero-order valence-electron chi connectivity index (χ0n) is 15.4. The van der Waals surface area contributed by atoms with Gasteiger partial charge in [-0.15, -0.1) is 0 Å². The summed E-state index contributed by atoms with van der Waals surface area (Å²) >= 11 is 2.21. The number of carbonyl (C=O) groups is 2. The quantitative estimate of drug-likeness (QED) is 0.419. The molecule has 1 aliphatic rings. The van der Waals surface area contributed by atoms with Gasteiger partial charge in [0.25, 0.3) is 5.91 Å². The number of aromatic nitrogens is 1. The first-order valence-corrected chi connectivity index (χ1v) is 10.1. The van der Waals surface area contributed by atoms with Crippen molar-refractivity contribution in [2.45, 2.75) is 30.9 Å². The first-order chi connectivity index (χ1) is 12.8. The molecule has 140 valence electrons. The van der Waals surface area contributed by atoms with E-state index in [0.717, 1.165) is 16.5 Å². The molecule has 1 saturated heterocycles. The number of amides is 2. The summed E-state index contributed by atoms with van der Waals surface area (Å²) in [7, 11) is 0. The molecule has 2 heterocycles. The molecule has 4 atom stereocenters. The average molecular weight is 476 g/mol. The third-order valence-corrected chi connectivity index (χ3v) is 7.02. The topological polar surface area (TPSA) is 86.1 Å². The van der Waals surface area contributed by atoms with E-state index in [1.54, 1.807) is 17.2 Å². The van der Waals surface area contributed by atoms with Crippen LogP contribution in [0.5, 0.6) is 0 Å². The van der Waals surface area contributed by atoms with Crippen LogP contribution in [0.2, 0.25) is 0 Å². The van der Waals surface area contributed by atoms with Crippen LogP contribution in [0.1, 0.15) is 29.8 Å². The number of likely N-dealkylation sites (tertiary alicyclic amines) is 1. The summed E-state index contributed by atoms with van der Waals surface area (Å²) < 4.78 is -0.0589. The maximum atomic E-state index is 12.7. The summed E-state index contributed by atoms with van der Waals surface area (Å²) in [6.45, 7) is 5.87. The van der Waals surface area contributed by atoms with Gasteiger partial charge in [-0.25, -0.2) is 0 Å². The minimum atomic E-state index is -0.462. The van der Waals surface area contributed by atoms with Crippen molar-refractivity contribution in [3.8, 4) is 6.07 Å². The number of nitrogens with zero attached hydrogens (tertiary/aromatic N) is 3. The van der Waals surface area contributed by atoms with E-state index < -0.39 is 6.04 Å². The van der Waals surface area contributed by atoms with Gasteiger partial charge in [-0.05, 0) is 36.5 Å². The molecule has 0 spiro atoms. The monoisotopic (exact) mass is 476 g/mol. The molecule has 1 aromatic heterocycles. The van der Waals surface area contributed by atoms with Crippen LogP contribution < -0.4 is 5.32 Å². The minimum absolute atomic E-state index is 0.0589. The SMILES string of the molecule is Cc1ccc2c(C(=O)NCC(=O)N3C(I)C(C)C(C)C3C#N)ccnc2c1. The first kappa shape index (κ1) is 19.5. The fourth-order valence-corrected chi connectivity index (χ4v) is 4.78. The van der Waals surface area contributed by atoms with E-state index in [0.29, 0.717) is 5.56 Å². The number of nitrogens with one attached hydrogen (secondary N) is 1. The number of fused-ring (bicyclic) bond motifs is 1. The van der Waals surface area contributed by atoms with Crippen LogP contribution in [-0.2, 0) is 4.79 Å². The number of aryl methyl sites for hydroxylation is 1. The summed E-state index contributed by atoms with van der Waals surface area (Å²) in [4.78, 5) is 31.3. The smallest absolute Gasteiger partial charge is 0.252 e. The van der Waals surface area contributed by atoms with Crippen LogP contribution in [0.3, 0.4) is 0 Å². The van der Waals surface area contributed by atoms with Gasteiger partial charge in [0.2, 0.25) is 5.91 Å². The lowest BCUT2D eigenvalue weighted by Gasteiger charge is -2.24. The molecule has 6 nitrogen and oxygen atoms in total. The van der Waals surface area contributed by atoms with Gasteiger partial charge in [0.1, 0.15) is 6.04 Å². The zero-order valence-corrected chi connectivity index (χ0v) is 17.6. The van der Waals surface area contributed by atoms with Crippen LogP contribution in [0, 0.1) is 30.1 Å². The zero-order chi connectivity index (χ0) is 19.7. The van der Waals surface area contributed by atoms with Gasteiger partial charge in [-0.2, -0.15) is 5.26 Å². The number of alkyl halides is 1. The molecule has 3 rings (SSSR count).